The second-order valence-corrected chi connectivity index (χ2v) is 13.5. The van der Waals surface area contributed by atoms with Gasteiger partial charge >= 0.3 is 0 Å². The Hall–Kier alpha value is -5.56. The van der Waals surface area contributed by atoms with Gasteiger partial charge in [0.2, 0.25) is 0 Å². The van der Waals surface area contributed by atoms with Crippen molar-refractivity contribution in [2.24, 2.45) is 0 Å². The molecule has 1 aliphatic rings. The SMILES string of the molecule is CCCN(CCC)c1cccc(NC(=O)c2ccc(-c3ccc(OCc4ccc(OC5CCN(C(=O)c6ccc(C)cc6)CC5)cc4)cc3)cc2)c1. The summed E-state index contributed by atoms with van der Waals surface area (Å²) in [5.41, 5.74) is 7.55. The molecule has 52 heavy (non-hydrogen) atoms. The van der Waals surface area contributed by atoms with Crippen molar-refractivity contribution in [3.8, 4) is 22.6 Å². The van der Waals surface area contributed by atoms with Gasteiger partial charge in [-0.25, -0.2) is 0 Å². The number of anilines is 2. The van der Waals surface area contributed by atoms with Crippen molar-refractivity contribution in [3.63, 3.8) is 0 Å². The van der Waals surface area contributed by atoms with Gasteiger partial charge < -0.3 is 24.6 Å². The number of hydrogen-bond acceptors (Lipinski definition) is 5. The first kappa shape index (κ1) is 36.2. The number of hydrogen-bond donors (Lipinski definition) is 1. The van der Waals surface area contributed by atoms with Crippen molar-refractivity contribution in [2.45, 2.75) is 59.2 Å². The van der Waals surface area contributed by atoms with E-state index in [1.165, 1.54) is 0 Å². The van der Waals surface area contributed by atoms with Gasteiger partial charge in [-0.2, -0.15) is 0 Å². The van der Waals surface area contributed by atoms with Crippen molar-refractivity contribution < 1.29 is 19.1 Å². The van der Waals surface area contributed by atoms with Crippen LogP contribution >= 0.6 is 0 Å². The lowest BCUT2D eigenvalue weighted by molar-refractivity contribution is 0.0595. The molecule has 0 spiro atoms. The number of benzene rings is 5. The minimum absolute atomic E-state index is 0.0889. The molecule has 0 saturated carbocycles. The van der Waals surface area contributed by atoms with Crippen molar-refractivity contribution >= 4 is 23.2 Å². The van der Waals surface area contributed by atoms with Crippen LogP contribution in [-0.2, 0) is 6.61 Å². The maximum Gasteiger partial charge on any atom is 0.255 e. The maximum atomic E-state index is 13.1. The van der Waals surface area contributed by atoms with Gasteiger partial charge in [0.05, 0.1) is 0 Å². The molecule has 0 aromatic heterocycles. The lowest BCUT2D eigenvalue weighted by atomic mass is 10.0. The Morgan fingerprint density at radius 1 is 0.731 bits per heavy atom. The zero-order valence-electron chi connectivity index (χ0n) is 30.5. The van der Waals surface area contributed by atoms with Crippen LogP contribution in [0.25, 0.3) is 11.1 Å². The van der Waals surface area contributed by atoms with Crippen LogP contribution in [0.3, 0.4) is 0 Å². The number of amides is 2. The van der Waals surface area contributed by atoms with E-state index in [9.17, 15) is 9.59 Å². The maximum absolute atomic E-state index is 13.1. The lowest BCUT2D eigenvalue weighted by Crippen LogP contribution is -2.41. The van der Waals surface area contributed by atoms with Gasteiger partial charge in [-0.05, 0) is 103 Å². The fourth-order valence-corrected chi connectivity index (χ4v) is 6.53. The van der Waals surface area contributed by atoms with Gasteiger partial charge in [0.15, 0.2) is 0 Å². The van der Waals surface area contributed by atoms with Crippen LogP contribution in [0.1, 0.15) is 71.4 Å². The zero-order valence-corrected chi connectivity index (χ0v) is 30.5. The summed E-state index contributed by atoms with van der Waals surface area (Å²) in [6.07, 6.45) is 3.86. The number of nitrogens with zero attached hydrogens (tertiary/aromatic N) is 2. The number of likely N-dealkylation sites (tertiary alicyclic amines) is 1. The third-order valence-electron chi connectivity index (χ3n) is 9.45. The van der Waals surface area contributed by atoms with Gasteiger partial charge in [0, 0.05) is 61.5 Å². The first-order valence-electron chi connectivity index (χ1n) is 18.5. The molecule has 6 rings (SSSR count). The van der Waals surface area contributed by atoms with Crippen LogP contribution in [0, 0.1) is 6.92 Å². The molecule has 7 heteroatoms. The molecule has 5 aromatic rings. The number of ether oxygens (including phenoxy) is 2. The van der Waals surface area contributed by atoms with E-state index in [1.807, 2.05) is 121 Å². The van der Waals surface area contributed by atoms with Gasteiger partial charge in [-0.3, -0.25) is 9.59 Å². The third-order valence-corrected chi connectivity index (χ3v) is 9.45. The fourth-order valence-electron chi connectivity index (χ4n) is 6.53. The van der Waals surface area contributed by atoms with Crippen molar-refractivity contribution in [1.29, 1.82) is 0 Å². The largest absolute Gasteiger partial charge is 0.490 e. The molecule has 268 valence electrons. The standard InChI is InChI=1S/C45H49N3O4/c1-4-27-47(28-5-2)40-8-6-7-39(31-40)46-44(49)37-17-15-35(16-18-37)36-19-23-41(24-20-36)51-32-34-11-21-42(22-12-34)52-43-25-29-48(30-26-43)45(50)38-13-9-33(3)10-14-38/h6-24,31,43H,4-5,25-30,32H2,1-3H3,(H,46,49). The molecule has 2 amide bonds. The van der Waals surface area contributed by atoms with Crippen molar-refractivity contribution in [3.05, 3.63) is 144 Å². The smallest absolute Gasteiger partial charge is 0.255 e. The van der Waals surface area contributed by atoms with Crippen LogP contribution in [0.5, 0.6) is 11.5 Å². The van der Waals surface area contributed by atoms with Gasteiger partial charge in [-0.1, -0.05) is 74.0 Å². The highest BCUT2D eigenvalue weighted by Crippen LogP contribution is 2.26. The number of nitrogens with one attached hydrogen (secondary N) is 1. The summed E-state index contributed by atoms with van der Waals surface area (Å²) < 4.78 is 12.3. The van der Waals surface area contributed by atoms with Crippen LogP contribution < -0.4 is 19.7 Å². The molecular formula is C45H49N3O4. The number of carbonyl (C=O) groups is 2. The average Bonchev–Trinajstić information content (AvgIpc) is 3.18. The third kappa shape index (κ3) is 9.60. The molecule has 7 nitrogen and oxygen atoms in total. The quantitative estimate of drug-likeness (QED) is 0.125. The van der Waals surface area contributed by atoms with Crippen molar-refractivity contribution in [1.82, 2.24) is 4.90 Å². The lowest BCUT2D eigenvalue weighted by Gasteiger charge is -2.32. The molecule has 1 heterocycles. The van der Waals surface area contributed by atoms with E-state index >= 15 is 0 Å². The molecule has 1 aliphatic heterocycles. The Bertz CT molecular complexity index is 1890. The monoisotopic (exact) mass is 695 g/mol. The predicted octanol–water partition coefficient (Wildman–Crippen LogP) is 9.80. The second kappa shape index (κ2) is 17.6. The number of rotatable bonds is 14. The van der Waals surface area contributed by atoms with Gasteiger partial charge in [0.25, 0.3) is 11.8 Å². The Balaban J connectivity index is 0.950. The van der Waals surface area contributed by atoms with Crippen molar-refractivity contribution in [2.75, 3.05) is 36.4 Å². The summed E-state index contributed by atoms with van der Waals surface area (Å²) >= 11 is 0. The first-order chi connectivity index (χ1) is 25.4. The first-order valence-corrected chi connectivity index (χ1v) is 18.5. The van der Waals surface area contributed by atoms with E-state index in [0.29, 0.717) is 25.3 Å². The minimum Gasteiger partial charge on any atom is -0.490 e. The molecule has 1 N–H and O–H groups in total. The topological polar surface area (TPSA) is 71.1 Å². The Morgan fingerprint density at radius 2 is 1.33 bits per heavy atom. The summed E-state index contributed by atoms with van der Waals surface area (Å²) in [6, 6.07) is 39.6. The summed E-state index contributed by atoms with van der Waals surface area (Å²) in [7, 11) is 0. The molecule has 1 saturated heterocycles. The normalized spacial score (nSPS) is 13.0. The Morgan fingerprint density at radius 3 is 1.96 bits per heavy atom. The summed E-state index contributed by atoms with van der Waals surface area (Å²) in [4.78, 5) is 30.2. The fraction of sp³-hybridized carbons (Fsp3) is 0.289. The van der Waals surface area contributed by atoms with E-state index in [1.54, 1.807) is 0 Å². The molecule has 0 atom stereocenters. The number of piperidine rings is 1. The van der Waals surface area contributed by atoms with Gasteiger partial charge in [0.1, 0.15) is 24.2 Å². The molecular weight excluding hydrogens is 647 g/mol. The van der Waals surface area contributed by atoms with E-state index in [2.05, 4.69) is 36.2 Å². The Labute approximate surface area is 308 Å². The van der Waals surface area contributed by atoms with Crippen LogP contribution in [0.2, 0.25) is 0 Å². The van der Waals surface area contributed by atoms with Crippen LogP contribution in [-0.4, -0.2) is 49.0 Å². The van der Waals surface area contributed by atoms with E-state index in [-0.39, 0.29) is 17.9 Å². The van der Waals surface area contributed by atoms with Gasteiger partial charge in [-0.15, -0.1) is 0 Å². The molecule has 1 fully saturated rings. The number of carbonyl (C=O) groups excluding carboxylic acids is 2. The zero-order chi connectivity index (χ0) is 36.3. The minimum atomic E-state index is -0.128. The summed E-state index contributed by atoms with van der Waals surface area (Å²) in [6.45, 7) is 10.2. The molecule has 0 unspecified atom stereocenters. The van der Waals surface area contributed by atoms with E-state index in [4.69, 9.17) is 9.47 Å². The average molecular weight is 696 g/mol. The molecule has 0 aliphatic carbocycles. The van der Waals surface area contributed by atoms with Crippen LogP contribution in [0.4, 0.5) is 11.4 Å². The second-order valence-electron chi connectivity index (χ2n) is 13.5. The number of aryl methyl sites for hydroxylation is 1. The highest BCUT2D eigenvalue weighted by atomic mass is 16.5. The summed E-state index contributed by atoms with van der Waals surface area (Å²) in [5, 5.41) is 3.06. The molecule has 5 aromatic carbocycles. The van der Waals surface area contributed by atoms with E-state index in [0.717, 1.165) is 89.5 Å². The predicted molar refractivity (Wildman–Crippen MR) is 211 cm³/mol. The Kier molecular flexibility index (Phi) is 12.3. The van der Waals surface area contributed by atoms with Crippen LogP contribution in [0.15, 0.2) is 121 Å². The highest BCUT2D eigenvalue weighted by Gasteiger charge is 2.24. The molecule has 0 bridgehead atoms. The highest BCUT2D eigenvalue weighted by molar-refractivity contribution is 6.04. The van der Waals surface area contributed by atoms with E-state index < -0.39 is 0 Å². The molecule has 0 radical (unpaired) electrons. The summed E-state index contributed by atoms with van der Waals surface area (Å²) in [5.74, 6) is 1.57.